The molecule has 150 valence electrons. The van der Waals surface area contributed by atoms with Crippen LogP contribution in [0.4, 0.5) is 8.78 Å². The summed E-state index contributed by atoms with van der Waals surface area (Å²) < 4.78 is 31.7. The van der Waals surface area contributed by atoms with Gasteiger partial charge in [0.2, 0.25) is 0 Å². The normalized spacial score (nSPS) is 11.3. The summed E-state index contributed by atoms with van der Waals surface area (Å²) in [7, 11) is 0. The second kappa shape index (κ2) is 19.4. The van der Waals surface area contributed by atoms with E-state index in [9.17, 15) is 13.6 Å². The number of allylic oxidation sites excluding steroid dienone is 1. The Bertz CT molecular complexity index is 315. The molecule has 0 unspecified atom stereocenters. The maximum Gasteiger partial charge on any atom is 0.305 e. The molecular formula is C21H40F2O2. The van der Waals surface area contributed by atoms with Crippen LogP contribution in [0.15, 0.2) is 12.2 Å². The summed E-state index contributed by atoms with van der Waals surface area (Å²) in [6.45, 7) is 8.28. The molecule has 0 atom stereocenters. The highest BCUT2D eigenvalue weighted by atomic mass is 19.3. The van der Waals surface area contributed by atoms with Crippen molar-refractivity contribution in [2.75, 3.05) is 6.61 Å². The maximum absolute atomic E-state index is 13.3. The quantitative estimate of drug-likeness (QED) is 0.171. The number of alkyl halides is 2. The summed E-state index contributed by atoms with van der Waals surface area (Å²) in [4.78, 5) is 11.5. The van der Waals surface area contributed by atoms with Crippen LogP contribution < -0.4 is 0 Å². The first-order valence-corrected chi connectivity index (χ1v) is 10.2. The Morgan fingerprint density at radius 3 is 2.08 bits per heavy atom. The van der Waals surface area contributed by atoms with Crippen molar-refractivity contribution in [3.8, 4) is 0 Å². The molecule has 0 N–H and O–H groups in total. The maximum atomic E-state index is 13.3. The molecule has 4 heteroatoms. The lowest BCUT2D eigenvalue weighted by Gasteiger charge is -2.10. The highest BCUT2D eigenvalue weighted by molar-refractivity contribution is 5.69. The second-order valence-corrected chi connectivity index (χ2v) is 6.15. The van der Waals surface area contributed by atoms with Crippen LogP contribution in [-0.4, -0.2) is 18.5 Å². The number of unbranched alkanes of at least 4 members (excludes halogenated alkanes) is 7. The Morgan fingerprint density at radius 1 is 0.920 bits per heavy atom. The van der Waals surface area contributed by atoms with E-state index in [2.05, 4.69) is 6.92 Å². The molecule has 2 nitrogen and oxygen atoms in total. The number of hydrogen-bond acceptors (Lipinski definition) is 2. The van der Waals surface area contributed by atoms with Crippen molar-refractivity contribution in [1.29, 1.82) is 0 Å². The average molecular weight is 363 g/mol. The van der Waals surface area contributed by atoms with Gasteiger partial charge < -0.3 is 4.74 Å². The van der Waals surface area contributed by atoms with Crippen LogP contribution >= 0.6 is 0 Å². The first kappa shape index (κ1) is 26.3. The molecule has 0 aliphatic rings. The fourth-order valence-electron chi connectivity index (χ4n) is 2.29. The van der Waals surface area contributed by atoms with Gasteiger partial charge in [0.05, 0.1) is 6.61 Å². The summed E-state index contributed by atoms with van der Waals surface area (Å²) in [6.07, 6.45) is 12.4. The van der Waals surface area contributed by atoms with E-state index in [4.69, 9.17) is 4.74 Å². The molecule has 0 aromatic carbocycles. The molecule has 25 heavy (non-hydrogen) atoms. The van der Waals surface area contributed by atoms with E-state index in [1.165, 1.54) is 38.2 Å². The zero-order valence-electron chi connectivity index (χ0n) is 16.9. The zero-order chi connectivity index (χ0) is 19.4. The van der Waals surface area contributed by atoms with E-state index in [1.54, 1.807) is 0 Å². The van der Waals surface area contributed by atoms with Crippen LogP contribution in [0.3, 0.4) is 0 Å². The van der Waals surface area contributed by atoms with E-state index in [-0.39, 0.29) is 19.0 Å². The molecule has 0 amide bonds. The van der Waals surface area contributed by atoms with Gasteiger partial charge >= 0.3 is 5.97 Å². The van der Waals surface area contributed by atoms with Gasteiger partial charge in [-0.1, -0.05) is 78.7 Å². The molecule has 0 fully saturated rings. The van der Waals surface area contributed by atoms with Gasteiger partial charge in [-0.3, -0.25) is 4.79 Å². The third kappa shape index (κ3) is 21.0. The topological polar surface area (TPSA) is 26.3 Å². The van der Waals surface area contributed by atoms with Gasteiger partial charge in [0.15, 0.2) is 0 Å². The lowest BCUT2D eigenvalue weighted by molar-refractivity contribution is -0.143. The van der Waals surface area contributed by atoms with Gasteiger partial charge in [0.1, 0.15) is 0 Å². The van der Waals surface area contributed by atoms with Crippen molar-refractivity contribution in [2.24, 2.45) is 0 Å². The van der Waals surface area contributed by atoms with Gasteiger partial charge in [-0.15, -0.1) is 0 Å². The Morgan fingerprint density at radius 2 is 1.48 bits per heavy atom. The number of halogens is 2. The van der Waals surface area contributed by atoms with E-state index in [0.29, 0.717) is 19.3 Å². The van der Waals surface area contributed by atoms with E-state index in [0.717, 1.165) is 25.3 Å². The summed E-state index contributed by atoms with van der Waals surface area (Å²) >= 11 is 0. The van der Waals surface area contributed by atoms with Crippen molar-refractivity contribution in [1.82, 2.24) is 0 Å². The summed E-state index contributed by atoms with van der Waals surface area (Å²) in [5.74, 6) is -2.96. The third-order valence-corrected chi connectivity index (χ3v) is 3.76. The van der Waals surface area contributed by atoms with Crippen molar-refractivity contribution in [3.05, 3.63) is 12.2 Å². The molecule has 0 aromatic heterocycles. The Balaban J connectivity index is 0. The minimum Gasteiger partial charge on any atom is -0.465 e. The molecule has 0 saturated heterocycles. The number of ether oxygens (including phenoxy) is 1. The zero-order valence-corrected chi connectivity index (χ0v) is 16.9. The molecular weight excluding hydrogens is 322 g/mol. The third-order valence-electron chi connectivity index (χ3n) is 3.76. The monoisotopic (exact) mass is 362 g/mol. The molecule has 0 bridgehead atoms. The highest BCUT2D eigenvalue weighted by Gasteiger charge is 2.23. The van der Waals surface area contributed by atoms with Gasteiger partial charge in [-0.2, -0.15) is 0 Å². The van der Waals surface area contributed by atoms with Gasteiger partial charge in [-0.25, -0.2) is 8.78 Å². The summed E-state index contributed by atoms with van der Waals surface area (Å²) in [6, 6.07) is 0. The minimum absolute atomic E-state index is 0.113. The van der Waals surface area contributed by atoms with E-state index < -0.39 is 5.92 Å². The molecule has 0 aliphatic heterocycles. The molecule has 0 spiro atoms. The van der Waals surface area contributed by atoms with E-state index in [1.807, 2.05) is 20.8 Å². The van der Waals surface area contributed by atoms with Gasteiger partial charge in [0, 0.05) is 12.8 Å². The largest absolute Gasteiger partial charge is 0.465 e. The lowest BCUT2D eigenvalue weighted by Crippen LogP contribution is -2.11. The smallest absolute Gasteiger partial charge is 0.305 e. The number of carbonyl (C=O) groups is 1. The Kier molecular flexibility index (Phi) is 20.4. The molecule has 0 aromatic rings. The second-order valence-electron chi connectivity index (χ2n) is 6.15. The van der Waals surface area contributed by atoms with Crippen LogP contribution in [0.5, 0.6) is 0 Å². The fraction of sp³-hybridized carbons (Fsp3) is 0.857. The fourth-order valence-corrected chi connectivity index (χ4v) is 2.29. The first-order valence-electron chi connectivity index (χ1n) is 10.2. The number of rotatable bonds is 15. The molecule has 0 radical (unpaired) electrons. The standard InChI is InChI=1S/C19H34F2O2.C2H6/c1-3-5-7-8-9-10-11-14-18(22)23-17-13-12-16-19(20,21)15-6-4-2;1-2/h12,16H,3-11,13-15,17H2,1-2H3;1-2H3/b16-12-;. The number of hydrogen-bond donors (Lipinski definition) is 0. The van der Waals surface area contributed by atoms with Gasteiger partial charge in [0.25, 0.3) is 5.92 Å². The molecule has 0 rings (SSSR count). The van der Waals surface area contributed by atoms with E-state index >= 15 is 0 Å². The van der Waals surface area contributed by atoms with Crippen molar-refractivity contribution in [2.45, 2.75) is 111 Å². The highest BCUT2D eigenvalue weighted by Crippen LogP contribution is 2.22. The Hall–Kier alpha value is -0.930. The van der Waals surface area contributed by atoms with Gasteiger partial charge in [-0.05, 0) is 25.3 Å². The van der Waals surface area contributed by atoms with Crippen molar-refractivity contribution >= 4 is 5.97 Å². The summed E-state index contributed by atoms with van der Waals surface area (Å²) in [5, 5.41) is 0. The average Bonchev–Trinajstić information content (AvgIpc) is 2.60. The minimum atomic E-state index is -2.74. The van der Waals surface area contributed by atoms with Crippen LogP contribution in [0, 0.1) is 0 Å². The van der Waals surface area contributed by atoms with Crippen molar-refractivity contribution < 1.29 is 18.3 Å². The SMILES string of the molecule is CC.CCCCCCCCCC(=O)OCC/C=C\C(F)(F)CCCC. The lowest BCUT2D eigenvalue weighted by atomic mass is 10.1. The van der Waals surface area contributed by atoms with Crippen LogP contribution in [0.2, 0.25) is 0 Å². The predicted molar refractivity (Wildman–Crippen MR) is 103 cm³/mol. The number of carbonyl (C=O) groups excluding carboxylic acids is 1. The van der Waals surface area contributed by atoms with Crippen molar-refractivity contribution in [3.63, 3.8) is 0 Å². The Labute approximate surface area is 154 Å². The first-order chi connectivity index (χ1) is 12.0. The molecule has 0 heterocycles. The summed E-state index contributed by atoms with van der Waals surface area (Å²) in [5.41, 5.74) is 0. The van der Waals surface area contributed by atoms with Crippen LogP contribution in [0.1, 0.15) is 105 Å². The van der Waals surface area contributed by atoms with Crippen LogP contribution in [-0.2, 0) is 9.53 Å². The predicted octanol–water partition coefficient (Wildman–Crippen LogP) is 7.47. The molecule has 0 aliphatic carbocycles. The number of esters is 1. The van der Waals surface area contributed by atoms with Crippen LogP contribution in [0.25, 0.3) is 0 Å². The molecule has 0 saturated carbocycles.